The highest BCUT2D eigenvalue weighted by Gasteiger charge is 2.14. The van der Waals surface area contributed by atoms with E-state index in [-0.39, 0.29) is 0 Å². The summed E-state index contributed by atoms with van der Waals surface area (Å²) in [5, 5.41) is 8.61. The van der Waals surface area contributed by atoms with E-state index in [1.807, 2.05) is 0 Å². The fraction of sp³-hybridized carbons (Fsp3) is 0.300. The average Bonchev–Trinajstić information content (AvgIpc) is 2.16. The van der Waals surface area contributed by atoms with Gasteiger partial charge >= 0.3 is 5.97 Å². The van der Waals surface area contributed by atoms with Crippen LogP contribution in [0.1, 0.15) is 30.3 Å². The summed E-state index contributed by atoms with van der Waals surface area (Å²) in [5.41, 5.74) is 6.36. The third-order valence-corrected chi connectivity index (χ3v) is 2.02. The summed E-state index contributed by atoms with van der Waals surface area (Å²) in [6.45, 7) is 1.42. The Kier molecular flexibility index (Phi) is 3.19. The standard InChI is InChI=1S/C10H12FNO2/c1-6(11)7-2-4-8(5-3-7)9(12)10(13)14/h2-6,9H,12H2,1H3,(H,13,14). The number of carboxylic acid groups (broad SMARTS) is 1. The van der Waals surface area contributed by atoms with Crippen LogP contribution >= 0.6 is 0 Å². The molecule has 1 rings (SSSR count). The molecule has 14 heavy (non-hydrogen) atoms. The molecule has 76 valence electrons. The highest BCUT2D eigenvalue weighted by molar-refractivity contribution is 5.75. The van der Waals surface area contributed by atoms with E-state index in [0.29, 0.717) is 11.1 Å². The molecule has 1 aromatic carbocycles. The van der Waals surface area contributed by atoms with Gasteiger partial charge in [-0.05, 0) is 18.1 Å². The van der Waals surface area contributed by atoms with Gasteiger partial charge in [-0.15, -0.1) is 0 Å². The van der Waals surface area contributed by atoms with Crippen molar-refractivity contribution >= 4 is 5.97 Å². The maximum atomic E-state index is 12.8. The third kappa shape index (κ3) is 2.29. The Bertz CT molecular complexity index is 321. The van der Waals surface area contributed by atoms with Crippen LogP contribution in [0.25, 0.3) is 0 Å². The van der Waals surface area contributed by atoms with Crippen molar-refractivity contribution in [3.63, 3.8) is 0 Å². The first-order chi connectivity index (χ1) is 6.52. The van der Waals surface area contributed by atoms with Gasteiger partial charge in [-0.3, -0.25) is 4.79 Å². The average molecular weight is 197 g/mol. The Morgan fingerprint density at radius 3 is 2.14 bits per heavy atom. The molecule has 0 saturated carbocycles. The predicted octanol–water partition coefficient (Wildman–Crippen LogP) is 1.80. The van der Waals surface area contributed by atoms with Gasteiger partial charge in [-0.25, -0.2) is 4.39 Å². The van der Waals surface area contributed by atoms with E-state index >= 15 is 0 Å². The lowest BCUT2D eigenvalue weighted by molar-refractivity contribution is -0.138. The number of hydrogen-bond acceptors (Lipinski definition) is 2. The second-order valence-corrected chi connectivity index (χ2v) is 3.10. The molecule has 0 saturated heterocycles. The number of hydrogen-bond donors (Lipinski definition) is 2. The molecule has 0 aliphatic carbocycles. The molecule has 3 nitrogen and oxygen atoms in total. The summed E-state index contributed by atoms with van der Waals surface area (Å²) < 4.78 is 12.8. The molecule has 4 heteroatoms. The molecule has 0 bridgehead atoms. The molecule has 1 aromatic rings. The van der Waals surface area contributed by atoms with Gasteiger partial charge in [0.15, 0.2) is 0 Å². The first kappa shape index (κ1) is 10.7. The van der Waals surface area contributed by atoms with Gasteiger partial charge in [0, 0.05) is 0 Å². The molecule has 0 amide bonds. The van der Waals surface area contributed by atoms with Crippen LogP contribution in [0.4, 0.5) is 4.39 Å². The van der Waals surface area contributed by atoms with E-state index in [2.05, 4.69) is 0 Å². The van der Waals surface area contributed by atoms with Crippen LogP contribution in [0.15, 0.2) is 24.3 Å². The van der Waals surface area contributed by atoms with E-state index in [1.54, 1.807) is 12.1 Å². The zero-order valence-corrected chi connectivity index (χ0v) is 7.77. The number of carbonyl (C=O) groups is 1. The van der Waals surface area contributed by atoms with E-state index in [9.17, 15) is 9.18 Å². The molecule has 2 unspecified atom stereocenters. The normalized spacial score (nSPS) is 14.8. The molecule has 0 fully saturated rings. The summed E-state index contributed by atoms with van der Waals surface area (Å²) >= 11 is 0. The predicted molar refractivity (Wildman–Crippen MR) is 50.5 cm³/mol. The number of alkyl halides is 1. The van der Waals surface area contributed by atoms with Gasteiger partial charge < -0.3 is 10.8 Å². The smallest absolute Gasteiger partial charge is 0.325 e. The molecule has 0 aromatic heterocycles. The third-order valence-electron chi connectivity index (χ3n) is 2.02. The number of carboxylic acids is 1. The highest BCUT2D eigenvalue weighted by Crippen LogP contribution is 2.18. The summed E-state index contributed by atoms with van der Waals surface area (Å²) in [4.78, 5) is 10.5. The van der Waals surface area contributed by atoms with Gasteiger partial charge in [-0.2, -0.15) is 0 Å². The van der Waals surface area contributed by atoms with Crippen LogP contribution in [-0.2, 0) is 4.79 Å². The maximum Gasteiger partial charge on any atom is 0.325 e. The molecule has 2 atom stereocenters. The Labute approximate surface area is 81.4 Å². The topological polar surface area (TPSA) is 63.3 Å². The van der Waals surface area contributed by atoms with Gasteiger partial charge in [-0.1, -0.05) is 24.3 Å². The minimum absolute atomic E-state index is 0.474. The van der Waals surface area contributed by atoms with Crippen molar-refractivity contribution in [3.8, 4) is 0 Å². The lowest BCUT2D eigenvalue weighted by Gasteiger charge is -2.08. The first-order valence-corrected chi connectivity index (χ1v) is 4.24. The Balaban J connectivity index is 2.88. The van der Waals surface area contributed by atoms with Crippen molar-refractivity contribution in [1.82, 2.24) is 0 Å². The van der Waals surface area contributed by atoms with Crippen LogP contribution in [0.3, 0.4) is 0 Å². The minimum atomic E-state index is -1.09. The Morgan fingerprint density at radius 1 is 1.36 bits per heavy atom. The summed E-state index contributed by atoms with van der Waals surface area (Å²) in [5.74, 6) is -1.09. The molecule has 0 radical (unpaired) electrons. The fourth-order valence-corrected chi connectivity index (χ4v) is 1.11. The second kappa shape index (κ2) is 4.19. The van der Waals surface area contributed by atoms with Gasteiger partial charge in [0.05, 0.1) is 0 Å². The Hall–Kier alpha value is -1.42. The molecule has 3 N–H and O–H groups in total. The highest BCUT2D eigenvalue weighted by atomic mass is 19.1. The lowest BCUT2D eigenvalue weighted by atomic mass is 10.0. The number of halogens is 1. The SMILES string of the molecule is CC(F)c1ccc(C(N)C(=O)O)cc1. The lowest BCUT2D eigenvalue weighted by Crippen LogP contribution is -2.20. The first-order valence-electron chi connectivity index (χ1n) is 4.24. The van der Waals surface area contributed by atoms with Crippen LogP contribution in [0.5, 0.6) is 0 Å². The van der Waals surface area contributed by atoms with Crippen LogP contribution in [0, 0.1) is 0 Å². The monoisotopic (exact) mass is 197 g/mol. The van der Waals surface area contributed by atoms with Gasteiger partial charge in [0.1, 0.15) is 12.2 Å². The molecule has 0 heterocycles. The quantitative estimate of drug-likeness (QED) is 0.776. The maximum absolute atomic E-state index is 12.8. The van der Waals surface area contributed by atoms with E-state index in [4.69, 9.17) is 10.8 Å². The molecule has 0 aliphatic rings. The van der Waals surface area contributed by atoms with Crippen molar-refractivity contribution in [1.29, 1.82) is 0 Å². The molecule has 0 spiro atoms. The van der Waals surface area contributed by atoms with Gasteiger partial charge in [0.25, 0.3) is 0 Å². The van der Waals surface area contributed by atoms with E-state index < -0.39 is 18.2 Å². The Morgan fingerprint density at radius 2 is 1.79 bits per heavy atom. The van der Waals surface area contributed by atoms with Crippen LogP contribution < -0.4 is 5.73 Å². The number of rotatable bonds is 3. The second-order valence-electron chi connectivity index (χ2n) is 3.10. The van der Waals surface area contributed by atoms with Crippen LogP contribution in [-0.4, -0.2) is 11.1 Å². The summed E-state index contributed by atoms with van der Waals surface area (Å²) in [6.07, 6.45) is -1.05. The number of aliphatic carboxylic acids is 1. The van der Waals surface area contributed by atoms with Crippen LogP contribution in [0.2, 0.25) is 0 Å². The summed E-state index contributed by atoms with van der Waals surface area (Å²) in [7, 11) is 0. The summed E-state index contributed by atoms with van der Waals surface area (Å²) in [6, 6.07) is 5.11. The van der Waals surface area contributed by atoms with Crippen molar-refractivity contribution in [2.45, 2.75) is 19.1 Å². The number of nitrogens with two attached hydrogens (primary N) is 1. The molecule has 0 aliphatic heterocycles. The molecular formula is C10H12FNO2. The van der Waals surface area contributed by atoms with Crippen molar-refractivity contribution in [2.24, 2.45) is 5.73 Å². The van der Waals surface area contributed by atoms with Gasteiger partial charge in [0.2, 0.25) is 0 Å². The van der Waals surface area contributed by atoms with Crippen molar-refractivity contribution < 1.29 is 14.3 Å². The zero-order valence-electron chi connectivity index (χ0n) is 7.77. The molecular weight excluding hydrogens is 185 g/mol. The van der Waals surface area contributed by atoms with E-state index in [0.717, 1.165) is 0 Å². The number of benzene rings is 1. The zero-order chi connectivity index (χ0) is 10.7. The van der Waals surface area contributed by atoms with Crippen molar-refractivity contribution in [3.05, 3.63) is 35.4 Å². The van der Waals surface area contributed by atoms with E-state index in [1.165, 1.54) is 19.1 Å². The van der Waals surface area contributed by atoms with Crippen molar-refractivity contribution in [2.75, 3.05) is 0 Å². The largest absolute Gasteiger partial charge is 0.480 e. The minimum Gasteiger partial charge on any atom is -0.480 e. The fourth-order valence-electron chi connectivity index (χ4n) is 1.11.